The average molecular weight is 349 g/mol. The standard InChI is InChI=1S/C21H23N3O2/c1-4-15-8-6-9-16(5-2)20(15)24-21(25)17(13-22)14-23-18-10-7-11-19(12-18)26-3/h6-12,14,23H,4-5H2,1-3H3,(H,24,25)/b17-14-. The van der Waals surface area contributed by atoms with Gasteiger partial charge >= 0.3 is 0 Å². The number of amides is 1. The highest BCUT2D eigenvalue weighted by molar-refractivity contribution is 6.07. The second-order valence-corrected chi connectivity index (χ2v) is 5.66. The molecule has 0 spiro atoms. The number of aryl methyl sites for hydroxylation is 2. The van der Waals surface area contributed by atoms with Crippen molar-refractivity contribution in [1.82, 2.24) is 0 Å². The number of hydrogen-bond donors (Lipinski definition) is 2. The Morgan fingerprint density at radius 3 is 2.38 bits per heavy atom. The minimum absolute atomic E-state index is 0.000721. The number of nitriles is 1. The monoisotopic (exact) mass is 349 g/mol. The van der Waals surface area contributed by atoms with Gasteiger partial charge < -0.3 is 15.4 Å². The molecule has 2 aromatic carbocycles. The molecule has 0 aliphatic rings. The zero-order valence-corrected chi connectivity index (χ0v) is 15.3. The summed E-state index contributed by atoms with van der Waals surface area (Å²) >= 11 is 0. The molecule has 2 N–H and O–H groups in total. The third kappa shape index (κ3) is 4.64. The lowest BCUT2D eigenvalue weighted by Crippen LogP contribution is -2.17. The molecule has 0 aliphatic carbocycles. The second-order valence-electron chi connectivity index (χ2n) is 5.66. The summed E-state index contributed by atoms with van der Waals surface area (Å²) in [4.78, 5) is 12.6. The van der Waals surface area contributed by atoms with Crippen molar-refractivity contribution in [1.29, 1.82) is 5.26 Å². The van der Waals surface area contributed by atoms with Crippen LogP contribution in [0.3, 0.4) is 0 Å². The summed E-state index contributed by atoms with van der Waals surface area (Å²) in [5.74, 6) is 0.259. The van der Waals surface area contributed by atoms with Crippen LogP contribution in [0.4, 0.5) is 11.4 Å². The molecule has 0 fully saturated rings. The summed E-state index contributed by atoms with van der Waals surface area (Å²) < 4.78 is 5.16. The molecule has 0 saturated carbocycles. The van der Waals surface area contributed by atoms with Gasteiger partial charge in [0.1, 0.15) is 17.4 Å². The van der Waals surface area contributed by atoms with E-state index >= 15 is 0 Å². The third-order valence-corrected chi connectivity index (χ3v) is 4.06. The van der Waals surface area contributed by atoms with Crippen molar-refractivity contribution in [3.63, 3.8) is 0 Å². The molecule has 2 rings (SSSR count). The van der Waals surface area contributed by atoms with Gasteiger partial charge in [0.05, 0.1) is 7.11 Å². The van der Waals surface area contributed by atoms with Crippen LogP contribution >= 0.6 is 0 Å². The molecule has 0 bridgehead atoms. The van der Waals surface area contributed by atoms with Gasteiger partial charge in [-0.15, -0.1) is 0 Å². The summed E-state index contributed by atoms with van der Waals surface area (Å²) in [6.45, 7) is 4.08. The van der Waals surface area contributed by atoms with Crippen molar-refractivity contribution in [2.75, 3.05) is 17.7 Å². The van der Waals surface area contributed by atoms with Gasteiger partial charge in [-0.25, -0.2) is 0 Å². The fourth-order valence-corrected chi connectivity index (χ4v) is 2.60. The molecule has 26 heavy (non-hydrogen) atoms. The molecular formula is C21H23N3O2. The van der Waals surface area contributed by atoms with E-state index in [1.807, 2.05) is 56.3 Å². The average Bonchev–Trinajstić information content (AvgIpc) is 2.68. The van der Waals surface area contributed by atoms with Crippen molar-refractivity contribution in [2.24, 2.45) is 0 Å². The van der Waals surface area contributed by atoms with Crippen LogP contribution in [-0.4, -0.2) is 13.0 Å². The Hall–Kier alpha value is -3.26. The van der Waals surface area contributed by atoms with Crippen molar-refractivity contribution < 1.29 is 9.53 Å². The van der Waals surface area contributed by atoms with E-state index in [0.717, 1.165) is 35.3 Å². The molecule has 0 aromatic heterocycles. The first-order valence-electron chi connectivity index (χ1n) is 8.55. The summed E-state index contributed by atoms with van der Waals surface area (Å²) in [7, 11) is 1.58. The maximum absolute atomic E-state index is 12.6. The molecular weight excluding hydrogens is 326 g/mol. The number of anilines is 2. The Bertz CT molecular complexity index is 828. The smallest absolute Gasteiger partial charge is 0.267 e. The number of rotatable bonds is 7. The van der Waals surface area contributed by atoms with Gasteiger partial charge in [0.2, 0.25) is 0 Å². The van der Waals surface area contributed by atoms with E-state index < -0.39 is 5.91 Å². The lowest BCUT2D eigenvalue weighted by molar-refractivity contribution is -0.112. The van der Waals surface area contributed by atoms with E-state index in [4.69, 9.17) is 4.74 Å². The molecule has 0 radical (unpaired) electrons. The van der Waals surface area contributed by atoms with Gasteiger partial charge in [0.25, 0.3) is 5.91 Å². The van der Waals surface area contributed by atoms with Crippen molar-refractivity contribution >= 4 is 17.3 Å². The minimum atomic E-state index is -0.432. The lowest BCUT2D eigenvalue weighted by Gasteiger charge is -2.14. The number of nitrogens with one attached hydrogen (secondary N) is 2. The number of hydrogen-bond acceptors (Lipinski definition) is 4. The summed E-state index contributed by atoms with van der Waals surface area (Å²) in [5.41, 5.74) is 3.63. The molecule has 5 heteroatoms. The third-order valence-electron chi connectivity index (χ3n) is 4.06. The topological polar surface area (TPSA) is 74.2 Å². The summed E-state index contributed by atoms with van der Waals surface area (Å²) in [5, 5.41) is 15.2. The Morgan fingerprint density at radius 1 is 1.15 bits per heavy atom. The van der Waals surface area contributed by atoms with Gasteiger partial charge in [-0.3, -0.25) is 4.79 Å². The van der Waals surface area contributed by atoms with E-state index in [1.165, 1.54) is 6.20 Å². The fraction of sp³-hybridized carbons (Fsp3) is 0.238. The lowest BCUT2D eigenvalue weighted by atomic mass is 10.0. The molecule has 0 atom stereocenters. The van der Waals surface area contributed by atoms with E-state index in [2.05, 4.69) is 10.6 Å². The maximum atomic E-state index is 12.6. The van der Waals surface area contributed by atoms with Crippen molar-refractivity contribution in [3.05, 3.63) is 65.4 Å². The van der Waals surface area contributed by atoms with Crippen LogP contribution in [0.5, 0.6) is 5.75 Å². The van der Waals surface area contributed by atoms with Crippen molar-refractivity contribution in [3.8, 4) is 11.8 Å². The molecule has 134 valence electrons. The molecule has 1 amide bonds. The van der Waals surface area contributed by atoms with Crippen molar-refractivity contribution in [2.45, 2.75) is 26.7 Å². The van der Waals surface area contributed by atoms with Crippen LogP contribution in [-0.2, 0) is 17.6 Å². The van der Waals surface area contributed by atoms with Crippen LogP contribution in [0, 0.1) is 11.3 Å². The van der Waals surface area contributed by atoms with Crippen LogP contribution in [0.25, 0.3) is 0 Å². The zero-order valence-electron chi connectivity index (χ0n) is 15.3. The molecule has 0 saturated heterocycles. The fourth-order valence-electron chi connectivity index (χ4n) is 2.60. The number of methoxy groups -OCH3 is 1. The Balaban J connectivity index is 2.20. The normalized spacial score (nSPS) is 10.8. The van der Waals surface area contributed by atoms with Gasteiger partial charge in [-0.2, -0.15) is 5.26 Å². The molecule has 5 nitrogen and oxygen atoms in total. The SMILES string of the molecule is CCc1cccc(CC)c1NC(=O)/C(C#N)=C\Nc1cccc(OC)c1. The highest BCUT2D eigenvalue weighted by Crippen LogP contribution is 2.23. The van der Waals surface area contributed by atoms with Crippen LogP contribution < -0.4 is 15.4 Å². The highest BCUT2D eigenvalue weighted by Gasteiger charge is 2.13. The molecule has 2 aromatic rings. The van der Waals surface area contributed by atoms with Crippen LogP contribution in [0.15, 0.2) is 54.2 Å². The maximum Gasteiger partial charge on any atom is 0.267 e. The zero-order chi connectivity index (χ0) is 18.9. The minimum Gasteiger partial charge on any atom is -0.497 e. The van der Waals surface area contributed by atoms with Gasteiger partial charge in [0.15, 0.2) is 0 Å². The number of carbonyl (C=O) groups is 1. The number of para-hydroxylation sites is 1. The highest BCUT2D eigenvalue weighted by atomic mass is 16.5. The first-order valence-corrected chi connectivity index (χ1v) is 8.55. The second kappa shape index (κ2) is 9.28. The van der Waals surface area contributed by atoms with Gasteiger partial charge in [-0.1, -0.05) is 38.1 Å². The van der Waals surface area contributed by atoms with Crippen LogP contribution in [0.1, 0.15) is 25.0 Å². The van der Waals surface area contributed by atoms with E-state index in [9.17, 15) is 10.1 Å². The summed E-state index contributed by atoms with van der Waals surface area (Å²) in [6, 6.07) is 15.2. The Labute approximate surface area is 154 Å². The predicted molar refractivity (Wildman–Crippen MR) is 104 cm³/mol. The van der Waals surface area contributed by atoms with Gasteiger partial charge in [0, 0.05) is 23.6 Å². The first-order chi connectivity index (χ1) is 12.6. The van der Waals surface area contributed by atoms with E-state index in [1.54, 1.807) is 13.2 Å². The molecule has 0 unspecified atom stereocenters. The largest absolute Gasteiger partial charge is 0.497 e. The van der Waals surface area contributed by atoms with Gasteiger partial charge in [-0.05, 0) is 36.1 Å². The molecule has 0 heterocycles. The predicted octanol–water partition coefficient (Wildman–Crippen LogP) is 4.28. The Kier molecular flexibility index (Phi) is 6.81. The summed E-state index contributed by atoms with van der Waals surface area (Å²) in [6.07, 6.45) is 3.01. The number of nitrogens with zero attached hydrogens (tertiary/aromatic N) is 1. The first kappa shape index (κ1) is 19.1. The van der Waals surface area contributed by atoms with E-state index in [-0.39, 0.29) is 5.57 Å². The number of benzene rings is 2. The Morgan fingerprint density at radius 2 is 1.81 bits per heavy atom. The number of ether oxygens (including phenoxy) is 1. The van der Waals surface area contributed by atoms with Crippen LogP contribution in [0.2, 0.25) is 0 Å². The molecule has 0 aliphatic heterocycles. The number of carbonyl (C=O) groups excluding carboxylic acids is 1. The quantitative estimate of drug-likeness (QED) is 0.578. The van der Waals surface area contributed by atoms with E-state index in [0.29, 0.717) is 5.75 Å².